The quantitative estimate of drug-likeness (QED) is 0.571. The minimum absolute atomic E-state index is 0.255. The molecular weight excluding hydrogens is 341 g/mol. The topological polar surface area (TPSA) is 55.6 Å². The number of hydrogen-bond donors (Lipinski definition) is 1. The Morgan fingerprint density at radius 2 is 1.85 bits per heavy atom. The van der Waals surface area contributed by atoms with Crippen LogP contribution in [0.5, 0.6) is 0 Å². The largest absolute Gasteiger partial charge is 0.350 e. The third-order valence-corrected chi connectivity index (χ3v) is 4.42. The molecule has 0 amide bonds. The number of halogens is 1. The average Bonchev–Trinajstić information content (AvgIpc) is 3.02. The number of para-hydroxylation sites is 1. The summed E-state index contributed by atoms with van der Waals surface area (Å²) in [7, 11) is 0. The first-order chi connectivity index (χ1) is 13.1. The van der Waals surface area contributed by atoms with Crippen LogP contribution in [-0.2, 0) is 13.0 Å². The Hall–Kier alpha value is -3.28. The van der Waals surface area contributed by atoms with E-state index in [1.165, 1.54) is 12.1 Å². The average molecular weight is 361 g/mol. The monoisotopic (exact) mass is 361 g/mol. The van der Waals surface area contributed by atoms with E-state index < -0.39 is 0 Å². The predicted molar refractivity (Wildman–Crippen MR) is 105 cm³/mol. The fraction of sp³-hybridized carbons (Fsp3) is 0.190. The minimum atomic E-state index is -0.255. The number of anilines is 1. The maximum Gasteiger partial charge on any atom is 0.239 e. The van der Waals surface area contributed by atoms with E-state index >= 15 is 0 Å². The molecule has 0 saturated carbocycles. The van der Waals surface area contributed by atoms with Crippen molar-refractivity contribution in [2.24, 2.45) is 0 Å². The normalized spacial score (nSPS) is 11.1. The standard InChI is InChI=1S/C21H20FN5/c1-3-19-24-20(23-13-15-7-6-9-17(22)12-15)26-21(25-19)27-14(2)11-16-8-4-5-10-18(16)27/h4-12H,3,13H2,1-2H3,(H,23,24,25,26). The van der Waals surface area contributed by atoms with Gasteiger partial charge in [-0.25, -0.2) is 4.39 Å². The summed E-state index contributed by atoms with van der Waals surface area (Å²) in [5.74, 6) is 1.52. The number of benzene rings is 2. The van der Waals surface area contributed by atoms with E-state index in [0.717, 1.165) is 22.2 Å². The number of nitrogens with one attached hydrogen (secondary N) is 1. The van der Waals surface area contributed by atoms with E-state index in [2.05, 4.69) is 38.5 Å². The van der Waals surface area contributed by atoms with Crippen LogP contribution in [-0.4, -0.2) is 19.5 Å². The zero-order chi connectivity index (χ0) is 18.8. The summed E-state index contributed by atoms with van der Waals surface area (Å²) in [4.78, 5) is 13.7. The number of fused-ring (bicyclic) bond motifs is 1. The molecule has 0 aliphatic carbocycles. The van der Waals surface area contributed by atoms with E-state index in [9.17, 15) is 4.39 Å². The van der Waals surface area contributed by atoms with Gasteiger partial charge in [0.2, 0.25) is 11.9 Å². The SMILES string of the molecule is CCc1nc(NCc2cccc(F)c2)nc(-n2c(C)cc3ccccc32)n1. The summed E-state index contributed by atoms with van der Waals surface area (Å²) < 4.78 is 15.4. The number of rotatable bonds is 5. The molecule has 0 unspecified atom stereocenters. The molecule has 1 N–H and O–H groups in total. The predicted octanol–water partition coefficient (Wildman–Crippen LogP) is 4.44. The van der Waals surface area contributed by atoms with Crippen LogP contribution in [0, 0.1) is 12.7 Å². The highest BCUT2D eigenvalue weighted by molar-refractivity contribution is 5.82. The lowest BCUT2D eigenvalue weighted by Gasteiger charge is -2.11. The molecule has 2 aromatic heterocycles. The summed E-state index contributed by atoms with van der Waals surface area (Å²) in [6, 6.07) is 16.7. The van der Waals surface area contributed by atoms with Gasteiger partial charge in [0.25, 0.3) is 0 Å². The van der Waals surface area contributed by atoms with E-state index in [1.54, 1.807) is 6.07 Å². The highest BCUT2D eigenvalue weighted by Crippen LogP contribution is 2.22. The lowest BCUT2D eigenvalue weighted by molar-refractivity contribution is 0.626. The molecule has 0 bridgehead atoms. The van der Waals surface area contributed by atoms with Gasteiger partial charge in [-0.15, -0.1) is 0 Å². The summed E-state index contributed by atoms with van der Waals surface area (Å²) in [5, 5.41) is 4.33. The van der Waals surface area contributed by atoms with Crippen molar-refractivity contribution in [3.63, 3.8) is 0 Å². The van der Waals surface area contributed by atoms with Gasteiger partial charge in [0.05, 0.1) is 5.52 Å². The Balaban J connectivity index is 1.71. The maximum atomic E-state index is 13.4. The summed E-state index contributed by atoms with van der Waals surface area (Å²) in [6.07, 6.45) is 0.697. The van der Waals surface area contributed by atoms with Crippen LogP contribution in [0.1, 0.15) is 24.0 Å². The van der Waals surface area contributed by atoms with Gasteiger partial charge < -0.3 is 5.32 Å². The molecule has 5 nitrogen and oxygen atoms in total. The van der Waals surface area contributed by atoms with Crippen molar-refractivity contribution in [3.05, 3.63) is 77.5 Å². The highest BCUT2D eigenvalue weighted by atomic mass is 19.1. The Labute approximate surface area is 156 Å². The number of aryl methyl sites for hydroxylation is 2. The molecule has 27 heavy (non-hydrogen) atoms. The molecule has 0 radical (unpaired) electrons. The van der Waals surface area contributed by atoms with Crippen molar-refractivity contribution in [1.29, 1.82) is 0 Å². The number of aromatic nitrogens is 4. The van der Waals surface area contributed by atoms with Gasteiger partial charge in [-0.2, -0.15) is 15.0 Å². The zero-order valence-electron chi connectivity index (χ0n) is 15.3. The summed E-state index contributed by atoms with van der Waals surface area (Å²) in [6.45, 7) is 4.49. The fourth-order valence-electron chi connectivity index (χ4n) is 3.13. The van der Waals surface area contributed by atoms with Crippen LogP contribution < -0.4 is 5.32 Å². The van der Waals surface area contributed by atoms with E-state index in [0.29, 0.717) is 30.7 Å². The maximum absolute atomic E-state index is 13.4. The van der Waals surface area contributed by atoms with Crippen LogP contribution in [0.3, 0.4) is 0 Å². The molecule has 0 aliphatic rings. The van der Waals surface area contributed by atoms with Gasteiger partial charge in [-0.1, -0.05) is 37.3 Å². The van der Waals surface area contributed by atoms with Crippen molar-refractivity contribution < 1.29 is 4.39 Å². The van der Waals surface area contributed by atoms with Crippen LogP contribution in [0.25, 0.3) is 16.9 Å². The van der Waals surface area contributed by atoms with Gasteiger partial charge in [0.15, 0.2) is 0 Å². The van der Waals surface area contributed by atoms with Crippen molar-refractivity contribution in [2.75, 3.05) is 5.32 Å². The number of nitrogens with zero attached hydrogens (tertiary/aromatic N) is 4. The molecule has 0 fully saturated rings. The smallest absolute Gasteiger partial charge is 0.239 e. The molecule has 4 rings (SSSR count). The second kappa shape index (κ2) is 7.15. The van der Waals surface area contributed by atoms with Crippen molar-refractivity contribution >= 4 is 16.9 Å². The first kappa shape index (κ1) is 17.1. The lowest BCUT2D eigenvalue weighted by Crippen LogP contribution is -2.12. The molecule has 0 saturated heterocycles. The van der Waals surface area contributed by atoms with Gasteiger partial charge in [0, 0.05) is 24.0 Å². The summed E-state index contributed by atoms with van der Waals surface area (Å²) >= 11 is 0. The van der Waals surface area contributed by atoms with Gasteiger partial charge in [-0.05, 0) is 36.8 Å². The van der Waals surface area contributed by atoms with Gasteiger partial charge in [0.1, 0.15) is 11.6 Å². The molecule has 0 atom stereocenters. The molecular formula is C21H20FN5. The Bertz CT molecular complexity index is 1100. The van der Waals surface area contributed by atoms with Crippen molar-refractivity contribution in [2.45, 2.75) is 26.8 Å². The number of hydrogen-bond acceptors (Lipinski definition) is 4. The third kappa shape index (κ3) is 3.51. The van der Waals surface area contributed by atoms with E-state index in [4.69, 9.17) is 0 Å². The van der Waals surface area contributed by atoms with Gasteiger partial charge in [-0.3, -0.25) is 4.57 Å². The van der Waals surface area contributed by atoms with E-state index in [1.807, 2.05) is 36.6 Å². The molecule has 2 heterocycles. The molecule has 136 valence electrons. The lowest BCUT2D eigenvalue weighted by atomic mass is 10.2. The van der Waals surface area contributed by atoms with Crippen LogP contribution in [0.4, 0.5) is 10.3 Å². The van der Waals surface area contributed by atoms with Crippen LogP contribution >= 0.6 is 0 Å². The first-order valence-electron chi connectivity index (χ1n) is 8.95. The Kier molecular flexibility index (Phi) is 4.54. The molecule has 0 spiro atoms. The van der Waals surface area contributed by atoms with E-state index in [-0.39, 0.29) is 5.82 Å². The molecule has 0 aliphatic heterocycles. The summed E-state index contributed by atoms with van der Waals surface area (Å²) in [5.41, 5.74) is 2.94. The Morgan fingerprint density at radius 1 is 1.00 bits per heavy atom. The van der Waals surface area contributed by atoms with Crippen LogP contribution in [0.15, 0.2) is 54.6 Å². The third-order valence-electron chi connectivity index (χ3n) is 4.42. The molecule has 6 heteroatoms. The Morgan fingerprint density at radius 3 is 2.67 bits per heavy atom. The first-order valence-corrected chi connectivity index (χ1v) is 8.95. The van der Waals surface area contributed by atoms with Crippen molar-refractivity contribution in [1.82, 2.24) is 19.5 Å². The fourth-order valence-corrected chi connectivity index (χ4v) is 3.13. The second-order valence-corrected chi connectivity index (χ2v) is 6.39. The zero-order valence-corrected chi connectivity index (χ0v) is 15.3. The second-order valence-electron chi connectivity index (χ2n) is 6.39. The minimum Gasteiger partial charge on any atom is -0.350 e. The molecule has 2 aromatic carbocycles. The van der Waals surface area contributed by atoms with Crippen LogP contribution in [0.2, 0.25) is 0 Å². The van der Waals surface area contributed by atoms with Crippen molar-refractivity contribution in [3.8, 4) is 5.95 Å². The molecule has 4 aromatic rings. The van der Waals surface area contributed by atoms with Gasteiger partial charge >= 0.3 is 0 Å². The highest BCUT2D eigenvalue weighted by Gasteiger charge is 2.12.